The molecule has 0 spiro atoms. The number of alkyl carbamates (subject to hydrolysis) is 1. The van der Waals surface area contributed by atoms with Crippen LogP contribution in [0.5, 0.6) is 0 Å². The number of carbonyl (C=O) groups excluding carboxylic acids is 2. The van der Waals surface area contributed by atoms with Crippen LogP contribution in [0.2, 0.25) is 0 Å². The molecule has 1 aromatic heterocycles. The van der Waals surface area contributed by atoms with Crippen LogP contribution < -0.4 is 15.7 Å². The molecule has 200 valence electrons. The van der Waals surface area contributed by atoms with Gasteiger partial charge in [0.15, 0.2) is 0 Å². The highest BCUT2D eigenvalue weighted by atomic mass is 16.7. The molecule has 2 aliphatic rings. The van der Waals surface area contributed by atoms with E-state index in [1.54, 1.807) is 38.1 Å². The van der Waals surface area contributed by atoms with Crippen molar-refractivity contribution in [2.45, 2.75) is 97.6 Å². The summed E-state index contributed by atoms with van der Waals surface area (Å²) in [6.07, 6.45) is 3.66. The van der Waals surface area contributed by atoms with Gasteiger partial charge in [-0.3, -0.25) is 4.79 Å². The topological polar surface area (TPSA) is 106 Å². The lowest BCUT2D eigenvalue weighted by atomic mass is 9.81. The van der Waals surface area contributed by atoms with Crippen molar-refractivity contribution in [1.82, 2.24) is 20.2 Å². The Morgan fingerprint density at radius 3 is 2.22 bits per heavy atom. The highest BCUT2D eigenvalue weighted by Gasteiger charge is 2.52. The molecular formula is C25H42BN5O5. The molecule has 2 amide bonds. The highest BCUT2D eigenvalue weighted by molar-refractivity contribution is 6.61. The number of likely N-dealkylation sites (N-methyl/N-ethyl adjacent to an activating group) is 1. The van der Waals surface area contributed by atoms with Gasteiger partial charge in [-0.1, -0.05) is 13.8 Å². The number of nitrogens with zero attached hydrogens (tertiary/aromatic N) is 4. The van der Waals surface area contributed by atoms with Crippen LogP contribution in [-0.4, -0.2) is 83.0 Å². The average Bonchev–Trinajstić information content (AvgIpc) is 3.32. The van der Waals surface area contributed by atoms with Gasteiger partial charge in [0.05, 0.1) is 17.2 Å². The third-order valence-corrected chi connectivity index (χ3v) is 7.13. The molecule has 10 nitrogen and oxygen atoms in total. The fourth-order valence-electron chi connectivity index (χ4n) is 4.18. The van der Waals surface area contributed by atoms with E-state index < -0.39 is 36.1 Å². The molecule has 2 saturated heterocycles. The lowest BCUT2D eigenvalue weighted by Gasteiger charge is -2.32. The summed E-state index contributed by atoms with van der Waals surface area (Å²) in [5.74, 6) is 0.387. The van der Waals surface area contributed by atoms with Crippen molar-refractivity contribution in [3.63, 3.8) is 0 Å². The Balaban J connectivity index is 1.61. The van der Waals surface area contributed by atoms with Gasteiger partial charge in [0, 0.05) is 38.0 Å². The minimum absolute atomic E-state index is 0.0611. The molecule has 2 aliphatic heterocycles. The zero-order chi connectivity index (χ0) is 27.1. The second-order valence-corrected chi connectivity index (χ2v) is 12.1. The number of ether oxygens (including phenoxy) is 1. The second-order valence-electron chi connectivity index (χ2n) is 12.1. The van der Waals surface area contributed by atoms with Gasteiger partial charge in [-0.15, -0.1) is 0 Å². The van der Waals surface area contributed by atoms with Crippen molar-refractivity contribution in [1.29, 1.82) is 0 Å². The molecule has 0 aliphatic carbocycles. The molecule has 0 bridgehead atoms. The molecule has 0 saturated carbocycles. The van der Waals surface area contributed by atoms with E-state index in [-0.39, 0.29) is 17.9 Å². The predicted octanol–water partition coefficient (Wildman–Crippen LogP) is 2.36. The van der Waals surface area contributed by atoms with Gasteiger partial charge in [0.25, 0.3) is 0 Å². The monoisotopic (exact) mass is 503 g/mol. The Bertz CT molecular complexity index is 931. The van der Waals surface area contributed by atoms with Crippen LogP contribution in [0.15, 0.2) is 12.4 Å². The van der Waals surface area contributed by atoms with E-state index in [9.17, 15) is 9.59 Å². The number of hydrogen-bond donors (Lipinski definition) is 1. The van der Waals surface area contributed by atoms with E-state index in [1.807, 2.05) is 53.5 Å². The van der Waals surface area contributed by atoms with Crippen LogP contribution in [0.4, 0.5) is 10.7 Å². The van der Waals surface area contributed by atoms with Gasteiger partial charge in [0.2, 0.25) is 11.9 Å². The Morgan fingerprint density at radius 1 is 1.17 bits per heavy atom. The summed E-state index contributed by atoms with van der Waals surface area (Å²) in [4.78, 5) is 38.4. The maximum atomic E-state index is 13.3. The quantitative estimate of drug-likeness (QED) is 0.590. The second kappa shape index (κ2) is 10.2. The predicted molar refractivity (Wildman–Crippen MR) is 139 cm³/mol. The molecule has 1 N–H and O–H groups in total. The lowest BCUT2D eigenvalue weighted by molar-refractivity contribution is -0.133. The molecule has 0 unspecified atom stereocenters. The van der Waals surface area contributed by atoms with Gasteiger partial charge in [0.1, 0.15) is 11.6 Å². The number of carbonyl (C=O) groups is 2. The molecule has 2 atom stereocenters. The standard InChI is InChI=1S/C25H42BN5O5/c1-16(2)19(29-22(33)34-23(3,4)5)20(32)31-12-11-18(15-31)30(10)21-27-13-17(14-28-21)26-35-24(6,7)25(8,9)36-26/h13-14,16,18-19H,11-12,15H2,1-10H3,(H,29,33)/t18-,19+/m0/s1. The number of likely N-dealkylation sites (tertiary alicyclic amines) is 1. The van der Waals surface area contributed by atoms with Crippen molar-refractivity contribution in [2.24, 2.45) is 5.92 Å². The number of amides is 2. The molecular weight excluding hydrogens is 461 g/mol. The third-order valence-electron chi connectivity index (χ3n) is 7.13. The smallest absolute Gasteiger partial charge is 0.444 e. The molecule has 3 rings (SSSR count). The first-order chi connectivity index (χ1) is 16.5. The summed E-state index contributed by atoms with van der Waals surface area (Å²) in [7, 11) is 1.42. The SMILES string of the molecule is CC(C)[C@@H](NC(=O)OC(C)(C)C)C(=O)N1CC[C@H](N(C)c2ncc(B3OC(C)(C)C(C)(C)O3)cn2)C1. The van der Waals surface area contributed by atoms with Crippen molar-refractivity contribution in [3.05, 3.63) is 12.4 Å². The van der Waals surface area contributed by atoms with E-state index in [0.717, 1.165) is 11.9 Å². The third kappa shape index (κ3) is 6.29. The van der Waals surface area contributed by atoms with E-state index in [1.165, 1.54) is 0 Å². The van der Waals surface area contributed by atoms with Crippen LogP contribution in [0.25, 0.3) is 0 Å². The number of rotatable bonds is 6. The maximum Gasteiger partial charge on any atom is 0.498 e. The van der Waals surface area contributed by atoms with E-state index in [2.05, 4.69) is 15.3 Å². The van der Waals surface area contributed by atoms with Crippen molar-refractivity contribution >= 4 is 30.5 Å². The summed E-state index contributed by atoms with van der Waals surface area (Å²) in [6, 6.07) is -0.592. The van der Waals surface area contributed by atoms with Crippen LogP contribution in [0.1, 0.15) is 68.7 Å². The maximum absolute atomic E-state index is 13.3. The molecule has 0 radical (unpaired) electrons. The van der Waals surface area contributed by atoms with Gasteiger partial charge in [-0.2, -0.15) is 0 Å². The van der Waals surface area contributed by atoms with Gasteiger partial charge >= 0.3 is 13.2 Å². The van der Waals surface area contributed by atoms with Crippen molar-refractivity contribution in [3.8, 4) is 0 Å². The number of nitrogens with one attached hydrogen (secondary N) is 1. The molecule has 3 heterocycles. The van der Waals surface area contributed by atoms with Crippen LogP contribution >= 0.6 is 0 Å². The van der Waals surface area contributed by atoms with Gasteiger partial charge < -0.3 is 29.2 Å². The molecule has 36 heavy (non-hydrogen) atoms. The lowest BCUT2D eigenvalue weighted by Crippen LogP contribution is -2.52. The van der Waals surface area contributed by atoms with Crippen molar-refractivity contribution < 1.29 is 23.6 Å². The van der Waals surface area contributed by atoms with E-state index in [0.29, 0.717) is 19.0 Å². The van der Waals surface area contributed by atoms with E-state index in [4.69, 9.17) is 14.0 Å². The highest BCUT2D eigenvalue weighted by Crippen LogP contribution is 2.36. The van der Waals surface area contributed by atoms with Crippen molar-refractivity contribution in [2.75, 3.05) is 25.0 Å². The fourth-order valence-corrected chi connectivity index (χ4v) is 4.18. The summed E-state index contributed by atoms with van der Waals surface area (Å²) in [5.41, 5.74) is -0.728. The van der Waals surface area contributed by atoms with E-state index >= 15 is 0 Å². The zero-order valence-corrected chi connectivity index (χ0v) is 23.4. The average molecular weight is 503 g/mol. The van der Waals surface area contributed by atoms with Crippen LogP contribution in [-0.2, 0) is 18.8 Å². The summed E-state index contributed by atoms with van der Waals surface area (Å²) >= 11 is 0. The molecule has 2 fully saturated rings. The summed E-state index contributed by atoms with van der Waals surface area (Å²) in [5, 5.41) is 2.76. The zero-order valence-electron chi connectivity index (χ0n) is 23.4. The minimum Gasteiger partial charge on any atom is -0.444 e. The first kappa shape index (κ1) is 28.2. The van der Waals surface area contributed by atoms with Gasteiger partial charge in [-0.05, 0) is 60.8 Å². The molecule has 0 aromatic carbocycles. The largest absolute Gasteiger partial charge is 0.498 e. The first-order valence-corrected chi connectivity index (χ1v) is 12.7. The minimum atomic E-state index is -0.653. The summed E-state index contributed by atoms with van der Waals surface area (Å²) in [6.45, 7) is 18.4. The Kier molecular flexibility index (Phi) is 7.96. The molecule has 11 heteroatoms. The van der Waals surface area contributed by atoms with Crippen LogP contribution in [0, 0.1) is 5.92 Å². The number of hydrogen-bond acceptors (Lipinski definition) is 8. The van der Waals surface area contributed by atoms with Gasteiger partial charge in [-0.25, -0.2) is 14.8 Å². The number of anilines is 1. The Labute approximate surface area is 215 Å². The summed E-state index contributed by atoms with van der Waals surface area (Å²) < 4.78 is 17.5. The van der Waals surface area contributed by atoms with Crippen LogP contribution in [0.3, 0.4) is 0 Å². The Hall–Kier alpha value is -2.40. The molecule has 1 aromatic rings. The normalized spacial score (nSPS) is 22.0. The number of aromatic nitrogens is 2. The first-order valence-electron chi connectivity index (χ1n) is 12.7. The fraction of sp³-hybridized carbons (Fsp3) is 0.760. The Morgan fingerprint density at radius 2 is 1.72 bits per heavy atom.